The predicted octanol–water partition coefficient (Wildman–Crippen LogP) is 2.94. The van der Waals surface area contributed by atoms with Crippen molar-refractivity contribution in [1.29, 1.82) is 0 Å². The molecule has 0 radical (unpaired) electrons. The summed E-state index contributed by atoms with van der Waals surface area (Å²) in [6, 6.07) is 4.10. The highest BCUT2D eigenvalue weighted by molar-refractivity contribution is 6.32. The van der Waals surface area contributed by atoms with Crippen LogP contribution in [-0.4, -0.2) is 13.7 Å². The van der Waals surface area contributed by atoms with E-state index in [1.807, 2.05) is 13.0 Å². The molecule has 0 aliphatic heterocycles. The minimum Gasteiger partial charge on any atom is -0.495 e. The summed E-state index contributed by atoms with van der Waals surface area (Å²) in [7, 11) is 1.64. The first kappa shape index (κ1) is 12.3. The molecule has 0 aliphatic carbocycles. The van der Waals surface area contributed by atoms with Crippen molar-refractivity contribution >= 4 is 11.6 Å². The van der Waals surface area contributed by atoms with Gasteiger partial charge < -0.3 is 10.5 Å². The molecule has 1 aromatic rings. The molecule has 3 heteroatoms. The molecule has 15 heavy (non-hydrogen) atoms. The van der Waals surface area contributed by atoms with Crippen molar-refractivity contribution in [2.45, 2.75) is 26.2 Å². The SMILES string of the molecule is COc1c(C)cc(CCCCN)cc1Cl. The van der Waals surface area contributed by atoms with Gasteiger partial charge in [0.05, 0.1) is 12.1 Å². The molecule has 84 valence electrons. The second-order valence-electron chi connectivity index (χ2n) is 3.67. The van der Waals surface area contributed by atoms with Gasteiger partial charge in [-0.1, -0.05) is 17.7 Å². The molecule has 0 unspecified atom stereocenters. The zero-order chi connectivity index (χ0) is 11.3. The van der Waals surface area contributed by atoms with Crippen LogP contribution in [0.3, 0.4) is 0 Å². The predicted molar refractivity (Wildman–Crippen MR) is 64.7 cm³/mol. The number of hydrogen-bond acceptors (Lipinski definition) is 2. The number of methoxy groups -OCH3 is 1. The Balaban J connectivity index is 2.75. The first-order chi connectivity index (χ1) is 7.19. The van der Waals surface area contributed by atoms with Crippen LogP contribution in [-0.2, 0) is 6.42 Å². The van der Waals surface area contributed by atoms with Gasteiger partial charge in [-0.05, 0) is 49.9 Å². The molecular formula is C12H18ClNO. The van der Waals surface area contributed by atoms with Crippen molar-refractivity contribution in [1.82, 2.24) is 0 Å². The Bertz CT molecular complexity index is 302. The number of benzene rings is 1. The summed E-state index contributed by atoms with van der Waals surface area (Å²) >= 11 is 6.10. The minimum absolute atomic E-state index is 0.695. The molecule has 0 atom stereocenters. The van der Waals surface area contributed by atoms with Crippen LogP contribution in [0.15, 0.2) is 12.1 Å². The van der Waals surface area contributed by atoms with Gasteiger partial charge in [-0.25, -0.2) is 0 Å². The topological polar surface area (TPSA) is 35.2 Å². The molecule has 2 nitrogen and oxygen atoms in total. The quantitative estimate of drug-likeness (QED) is 0.785. The fourth-order valence-corrected chi connectivity index (χ4v) is 2.04. The summed E-state index contributed by atoms with van der Waals surface area (Å²) < 4.78 is 5.20. The molecule has 1 aromatic carbocycles. The number of rotatable bonds is 5. The number of unbranched alkanes of at least 4 members (excludes halogenated alkanes) is 1. The lowest BCUT2D eigenvalue weighted by Gasteiger charge is -2.09. The third kappa shape index (κ3) is 3.40. The van der Waals surface area contributed by atoms with E-state index >= 15 is 0 Å². The third-order valence-electron chi connectivity index (χ3n) is 2.41. The van der Waals surface area contributed by atoms with Gasteiger partial charge in [-0.15, -0.1) is 0 Å². The smallest absolute Gasteiger partial charge is 0.140 e. The lowest BCUT2D eigenvalue weighted by Crippen LogP contribution is -1.99. The van der Waals surface area contributed by atoms with Crippen LogP contribution < -0.4 is 10.5 Å². The Labute approximate surface area is 96.4 Å². The zero-order valence-electron chi connectivity index (χ0n) is 9.35. The van der Waals surface area contributed by atoms with E-state index in [-0.39, 0.29) is 0 Å². The number of nitrogens with two attached hydrogens (primary N) is 1. The Morgan fingerprint density at radius 1 is 1.33 bits per heavy atom. The first-order valence-electron chi connectivity index (χ1n) is 5.22. The second kappa shape index (κ2) is 5.99. The molecule has 0 amide bonds. The Morgan fingerprint density at radius 3 is 2.60 bits per heavy atom. The fraction of sp³-hybridized carbons (Fsp3) is 0.500. The van der Waals surface area contributed by atoms with E-state index in [4.69, 9.17) is 22.1 Å². The van der Waals surface area contributed by atoms with Gasteiger partial charge in [0, 0.05) is 0 Å². The molecule has 0 aliphatic rings. The van der Waals surface area contributed by atoms with Gasteiger partial charge in [0.1, 0.15) is 5.75 Å². The Morgan fingerprint density at radius 2 is 2.07 bits per heavy atom. The summed E-state index contributed by atoms with van der Waals surface area (Å²) in [6.45, 7) is 2.76. The zero-order valence-corrected chi connectivity index (χ0v) is 10.1. The average Bonchev–Trinajstić information content (AvgIpc) is 2.18. The molecule has 0 saturated carbocycles. The van der Waals surface area contributed by atoms with E-state index in [2.05, 4.69) is 6.07 Å². The van der Waals surface area contributed by atoms with E-state index in [0.29, 0.717) is 5.02 Å². The molecule has 0 fully saturated rings. The van der Waals surface area contributed by atoms with Crippen LogP contribution in [0.2, 0.25) is 5.02 Å². The van der Waals surface area contributed by atoms with Crippen LogP contribution in [0, 0.1) is 6.92 Å². The largest absolute Gasteiger partial charge is 0.495 e. The third-order valence-corrected chi connectivity index (χ3v) is 2.69. The molecule has 0 bridgehead atoms. The molecule has 2 N–H and O–H groups in total. The molecule has 1 rings (SSSR count). The lowest BCUT2D eigenvalue weighted by atomic mass is 10.1. The fourth-order valence-electron chi connectivity index (χ4n) is 1.68. The summed E-state index contributed by atoms with van der Waals surface area (Å²) in [5.41, 5.74) is 7.80. The van der Waals surface area contributed by atoms with Crippen molar-refractivity contribution in [3.63, 3.8) is 0 Å². The van der Waals surface area contributed by atoms with Crippen LogP contribution in [0.25, 0.3) is 0 Å². The average molecular weight is 228 g/mol. The van der Waals surface area contributed by atoms with Crippen molar-refractivity contribution < 1.29 is 4.74 Å². The van der Waals surface area contributed by atoms with E-state index in [1.54, 1.807) is 7.11 Å². The summed E-state index contributed by atoms with van der Waals surface area (Å²) in [5.74, 6) is 0.777. The van der Waals surface area contributed by atoms with Crippen LogP contribution in [0.1, 0.15) is 24.0 Å². The maximum absolute atomic E-state index is 6.10. The van der Waals surface area contributed by atoms with Gasteiger partial charge in [-0.2, -0.15) is 0 Å². The van der Waals surface area contributed by atoms with Crippen molar-refractivity contribution in [3.8, 4) is 5.75 Å². The lowest BCUT2D eigenvalue weighted by molar-refractivity contribution is 0.411. The van der Waals surface area contributed by atoms with Crippen molar-refractivity contribution in [2.75, 3.05) is 13.7 Å². The number of aryl methyl sites for hydroxylation is 2. The number of ether oxygens (including phenoxy) is 1. The van der Waals surface area contributed by atoms with Crippen LogP contribution in [0.5, 0.6) is 5.75 Å². The van der Waals surface area contributed by atoms with Gasteiger partial charge >= 0.3 is 0 Å². The van der Waals surface area contributed by atoms with Crippen LogP contribution in [0.4, 0.5) is 0 Å². The normalized spacial score (nSPS) is 10.4. The molecule has 0 saturated heterocycles. The maximum atomic E-state index is 6.10. The highest BCUT2D eigenvalue weighted by Crippen LogP contribution is 2.29. The number of halogens is 1. The second-order valence-corrected chi connectivity index (χ2v) is 4.08. The summed E-state index contributed by atoms with van der Waals surface area (Å²) in [4.78, 5) is 0. The Hall–Kier alpha value is -0.730. The minimum atomic E-state index is 0.695. The van der Waals surface area contributed by atoms with Gasteiger partial charge in [-0.3, -0.25) is 0 Å². The van der Waals surface area contributed by atoms with Gasteiger partial charge in [0.25, 0.3) is 0 Å². The van der Waals surface area contributed by atoms with E-state index in [1.165, 1.54) is 5.56 Å². The molecule has 0 spiro atoms. The summed E-state index contributed by atoms with van der Waals surface area (Å²) in [5, 5.41) is 0.695. The highest BCUT2D eigenvalue weighted by Gasteiger charge is 2.06. The van der Waals surface area contributed by atoms with Crippen molar-refractivity contribution in [3.05, 3.63) is 28.3 Å². The standard InChI is InChI=1S/C12H18ClNO/c1-9-7-10(5-3-4-6-14)8-11(13)12(9)15-2/h7-8H,3-6,14H2,1-2H3. The Kier molecular flexibility index (Phi) is 4.92. The number of hydrogen-bond donors (Lipinski definition) is 1. The monoisotopic (exact) mass is 227 g/mol. The maximum Gasteiger partial charge on any atom is 0.140 e. The van der Waals surface area contributed by atoms with Gasteiger partial charge in [0.2, 0.25) is 0 Å². The van der Waals surface area contributed by atoms with E-state index < -0.39 is 0 Å². The van der Waals surface area contributed by atoms with Crippen LogP contribution >= 0.6 is 11.6 Å². The van der Waals surface area contributed by atoms with Gasteiger partial charge in [0.15, 0.2) is 0 Å². The summed E-state index contributed by atoms with van der Waals surface area (Å²) in [6.07, 6.45) is 3.20. The van der Waals surface area contributed by atoms with E-state index in [0.717, 1.165) is 37.1 Å². The molecule has 0 heterocycles. The van der Waals surface area contributed by atoms with E-state index in [9.17, 15) is 0 Å². The van der Waals surface area contributed by atoms with Crippen molar-refractivity contribution in [2.24, 2.45) is 5.73 Å². The highest BCUT2D eigenvalue weighted by atomic mass is 35.5. The molecular weight excluding hydrogens is 210 g/mol. The molecule has 0 aromatic heterocycles. The first-order valence-corrected chi connectivity index (χ1v) is 5.60.